The van der Waals surface area contributed by atoms with Gasteiger partial charge in [-0.1, -0.05) is 24.3 Å². The molecule has 4 unspecified atom stereocenters. The summed E-state index contributed by atoms with van der Waals surface area (Å²) in [5, 5.41) is 0. The van der Waals surface area contributed by atoms with Crippen LogP contribution in [0.15, 0.2) is 43.0 Å². The van der Waals surface area contributed by atoms with Crippen molar-refractivity contribution in [2.75, 3.05) is 0 Å². The second kappa shape index (κ2) is 11.3. The maximum absolute atomic E-state index is 14.8. The normalized spacial score (nSPS) is 23.8. The Morgan fingerprint density at radius 1 is 0.914 bits per heavy atom. The van der Waals surface area contributed by atoms with Crippen LogP contribution in [0.25, 0.3) is 0 Å². The highest BCUT2D eigenvalue weighted by atomic mass is 19.3. The molecule has 186 valence electrons. The van der Waals surface area contributed by atoms with E-state index in [1.807, 2.05) is 6.08 Å². The number of allylic oxidation sites excluding steroid dienone is 1. The van der Waals surface area contributed by atoms with Gasteiger partial charge in [0.2, 0.25) is 0 Å². The first kappa shape index (κ1) is 25.3. The third-order valence-electron chi connectivity index (χ3n) is 7.52. The minimum Gasteiger partial charge on any atom is -0.432 e. The number of halogens is 5. The smallest absolute Gasteiger partial charge is 0.387 e. The van der Waals surface area contributed by atoms with E-state index in [4.69, 9.17) is 0 Å². The van der Waals surface area contributed by atoms with E-state index >= 15 is 0 Å². The van der Waals surface area contributed by atoms with Gasteiger partial charge in [-0.15, -0.1) is 6.58 Å². The zero-order valence-electron chi connectivity index (χ0n) is 19.5. The lowest BCUT2D eigenvalue weighted by molar-refractivity contribution is -0.0521. The number of hydrogen-bond acceptors (Lipinski definition) is 1. The molecule has 2 aliphatic carbocycles. The molecule has 0 aromatic heterocycles. The van der Waals surface area contributed by atoms with E-state index in [2.05, 4.69) is 23.2 Å². The lowest BCUT2D eigenvalue weighted by Gasteiger charge is -2.42. The van der Waals surface area contributed by atoms with Crippen molar-refractivity contribution < 1.29 is 26.7 Å². The van der Waals surface area contributed by atoms with Crippen LogP contribution in [-0.2, 0) is 0 Å². The minimum atomic E-state index is -3.16. The Hall–Kier alpha value is -2.81. The average molecular weight is 489 g/mol. The molecule has 6 heteroatoms. The van der Waals surface area contributed by atoms with Gasteiger partial charge in [-0.2, -0.15) is 8.78 Å². The van der Waals surface area contributed by atoms with Gasteiger partial charge in [-0.3, -0.25) is 0 Å². The van der Waals surface area contributed by atoms with E-state index in [0.717, 1.165) is 43.7 Å². The topological polar surface area (TPSA) is 9.23 Å². The quantitative estimate of drug-likeness (QED) is 0.225. The molecule has 0 radical (unpaired) electrons. The number of ether oxygens (including phenoxy) is 1. The van der Waals surface area contributed by atoms with Crippen LogP contribution in [-0.4, -0.2) is 6.61 Å². The van der Waals surface area contributed by atoms with E-state index in [9.17, 15) is 22.0 Å². The molecule has 0 aliphatic heterocycles. The fourth-order valence-electron chi connectivity index (χ4n) is 5.76. The van der Waals surface area contributed by atoms with Crippen molar-refractivity contribution >= 4 is 0 Å². The van der Waals surface area contributed by atoms with Gasteiger partial charge in [0, 0.05) is 5.56 Å². The Kier molecular flexibility index (Phi) is 8.15. The van der Waals surface area contributed by atoms with Crippen molar-refractivity contribution in [3.8, 4) is 17.6 Å². The number of benzene rings is 2. The first-order valence-corrected chi connectivity index (χ1v) is 12.2. The standard InChI is InChI=1S/C29H29F5O/c1-2-3-4-18-5-8-21-15-22(10-9-20(21)13-18)23-16-25(30)24(26(31)17-23)11-6-19-7-12-28(27(32)14-19)35-29(33)34/h2,7,12,14,16-18,20-22,29H,1,3-5,8-10,13,15H2. The molecular formula is C29H29F5O. The van der Waals surface area contributed by atoms with E-state index in [-0.39, 0.29) is 11.5 Å². The van der Waals surface area contributed by atoms with Gasteiger partial charge in [0.1, 0.15) is 11.6 Å². The van der Waals surface area contributed by atoms with Gasteiger partial charge in [-0.25, -0.2) is 13.2 Å². The molecule has 0 spiro atoms. The van der Waals surface area contributed by atoms with Crippen LogP contribution in [0, 0.1) is 47.0 Å². The van der Waals surface area contributed by atoms with Crippen LogP contribution in [0.3, 0.4) is 0 Å². The molecule has 0 bridgehead atoms. The summed E-state index contributed by atoms with van der Waals surface area (Å²) in [5.74, 6) is 3.97. The fraction of sp³-hybridized carbons (Fsp3) is 0.448. The van der Waals surface area contributed by atoms with Crippen molar-refractivity contribution in [2.45, 2.75) is 63.9 Å². The third kappa shape index (κ3) is 6.25. The zero-order valence-corrected chi connectivity index (χ0v) is 19.5. The van der Waals surface area contributed by atoms with Crippen molar-refractivity contribution in [3.63, 3.8) is 0 Å². The number of alkyl halides is 2. The highest BCUT2D eigenvalue weighted by Crippen LogP contribution is 2.48. The highest BCUT2D eigenvalue weighted by molar-refractivity contribution is 5.47. The van der Waals surface area contributed by atoms with Gasteiger partial charge in [-0.05, 0) is 105 Å². The second-order valence-corrected chi connectivity index (χ2v) is 9.71. The van der Waals surface area contributed by atoms with Crippen molar-refractivity contribution in [1.29, 1.82) is 0 Å². The van der Waals surface area contributed by atoms with Gasteiger partial charge >= 0.3 is 6.61 Å². The molecule has 2 saturated carbocycles. The minimum absolute atomic E-state index is 0.0917. The number of fused-ring (bicyclic) bond motifs is 1. The molecule has 2 aromatic carbocycles. The summed E-state index contributed by atoms with van der Waals surface area (Å²) in [5.41, 5.74) is 0.366. The molecule has 35 heavy (non-hydrogen) atoms. The lowest BCUT2D eigenvalue weighted by Crippen LogP contribution is -2.30. The van der Waals surface area contributed by atoms with Gasteiger partial charge in [0.15, 0.2) is 11.6 Å². The average Bonchev–Trinajstić information content (AvgIpc) is 2.83. The first-order valence-electron chi connectivity index (χ1n) is 12.2. The van der Waals surface area contributed by atoms with Crippen molar-refractivity contribution in [2.24, 2.45) is 17.8 Å². The molecule has 0 saturated heterocycles. The van der Waals surface area contributed by atoms with Gasteiger partial charge in [0.05, 0.1) is 5.56 Å². The zero-order chi connectivity index (χ0) is 24.9. The molecule has 1 nitrogen and oxygen atoms in total. The molecule has 0 N–H and O–H groups in total. The lowest BCUT2D eigenvalue weighted by atomic mass is 9.63. The predicted molar refractivity (Wildman–Crippen MR) is 126 cm³/mol. The van der Waals surface area contributed by atoms with Crippen molar-refractivity contribution in [1.82, 2.24) is 0 Å². The summed E-state index contributed by atoms with van der Waals surface area (Å²) >= 11 is 0. The molecule has 0 heterocycles. The molecule has 0 amide bonds. The molecule has 2 fully saturated rings. The van der Waals surface area contributed by atoms with E-state index < -0.39 is 35.4 Å². The maximum Gasteiger partial charge on any atom is 0.387 e. The Morgan fingerprint density at radius 2 is 1.63 bits per heavy atom. The SMILES string of the molecule is C=CCCC1CCC2CC(c3cc(F)c(C#Cc4ccc(OC(F)F)c(F)c4)c(F)c3)CCC2C1. The third-order valence-corrected chi connectivity index (χ3v) is 7.52. The van der Waals surface area contributed by atoms with Crippen LogP contribution in [0.5, 0.6) is 5.75 Å². The van der Waals surface area contributed by atoms with Crippen LogP contribution < -0.4 is 4.74 Å². The summed E-state index contributed by atoms with van der Waals surface area (Å²) in [6, 6.07) is 5.88. The van der Waals surface area contributed by atoms with E-state index in [0.29, 0.717) is 17.4 Å². The monoisotopic (exact) mass is 488 g/mol. The highest BCUT2D eigenvalue weighted by Gasteiger charge is 2.36. The summed E-state index contributed by atoms with van der Waals surface area (Å²) in [7, 11) is 0. The second-order valence-electron chi connectivity index (χ2n) is 9.71. The summed E-state index contributed by atoms with van der Waals surface area (Å²) < 4.78 is 72.1. The van der Waals surface area contributed by atoms with E-state index in [1.54, 1.807) is 0 Å². The Labute approximate surface area is 203 Å². The van der Waals surface area contributed by atoms with Crippen molar-refractivity contribution in [3.05, 3.63) is 77.1 Å². The molecule has 4 rings (SSSR count). The largest absolute Gasteiger partial charge is 0.432 e. The summed E-state index contributed by atoms with van der Waals surface area (Å²) in [4.78, 5) is 0. The number of rotatable bonds is 6. The van der Waals surface area contributed by atoms with Gasteiger partial charge < -0.3 is 4.74 Å². The number of hydrogen-bond donors (Lipinski definition) is 0. The molecule has 4 atom stereocenters. The van der Waals surface area contributed by atoms with E-state index in [1.165, 1.54) is 43.9 Å². The first-order chi connectivity index (χ1) is 16.8. The Morgan fingerprint density at radius 3 is 2.31 bits per heavy atom. The van der Waals surface area contributed by atoms with Gasteiger partial charge in [0.25, 0.3) is 0 Å². The maximum atomic E-state index is 14.8. The molecule has 2 aliphatic rings. The summed E-state index contributed by atoms with van der Waals surface area (Å²) in [6.07, 6.45) is 10.9. The van der Waals surface area contributed by atoms with Crippen LogP contribution in [0.1, 0.15) is 74.0 Å². The molecular weight excluding hydrogens is 459 g/mol. The van der Waals surface area contributed by atoms with Crippen LogP contribution in [0.4, 0.5) is 22.0 Å². The molecule has 2 aromatic rings. The summed E-state index contributed by atoms with van der Waals surface area (Å²) in [6.45, 7) is 0.663. The van der Waals surface area contributed by atoms with Crippen LogP contribution in [0.2, 0.25) is 0 Å². The van der Waals surface area contributed by atoms with Crippen LogP contribution >= 0.6 is 0 Å². The Balaban J connectivity index is 1.44. The Bertz CT molecular complexity index is 1090. The fourth-order valence-corrected chi connectivity index (χ4v) is 5.76. The predicted octanol–water partition coefficient (Wildman–Crippen LogP) is 8.37.